The summed E-state index contributed by atoms with van der Waals surface area (Å²) in [6, 6.07) is 14.7. The van der Waals surface area contributed by atoms with Crippen molar-refractivity contribution >= 4 is 29.5 Å². The van der Waals surface area contributed by atoms with Gasteiger partial charge in [-0.2, -0.15) is 0 Å². The molecule has 0 saturated heterocycles. The van der Waals surface area contributed by atoms with Gasteiger partial charge < -0.3 is 4.74 Å². The molecule has 0 radical (unpaired) electrons. The van der Waals surface area contributed by atoms with Crippen LogP contribution in [0.4, 0.5) is 0 Å². The number of hydrogen-bond donors (Lipinski definition) is 0. The van der Waals surface area contributed by atoms with Crippen molar-refractivity contribution in [2.45, 2.75) is 34.1 Å². The summed E-state index contributed by atoms with van der Waals surface area (Å²) in [7, 11) is 0. The van der Waals surface area contributed by atoms with Crippen molar-refractivity contribution in [2.75, 3.05) is 6.26 Å². The van der Waals surface area contributed by atoms with Crippen LogP contribution in [0, 0.1) is 0 Å². The van der Waals surface area contributed by atoms with E-state index in [2.05, 4.69) is 36.6 Å². The van der Waals surface area contributed by atoms with Crippen LogP contribution in [-0.2, 0) is 16.0 Å². The van der Waals surface area contributed by atoms with Crippen LogP contribution in [-0.4, -0.2) is 12.2 Å². The molecule has 2 aromatic rings. The maximum atomic E-state index is 11.5. The third kappa shape index (κ3) is 3.11. The van der Waals surface area contributed by atoms with Crippen LogP contribution in [0.15, 0.2) is 57.2 Å². The van der Waals surface area contributed by atoms with E-state index in [1.54, 1.807) is 23.5 Å². The van der Waals surface area contributed by atoms with Crippen LogP contribution < -0.4 is 0 Å². The molecular weight excluding hydrogens is 300 g/mol. The van der Waals surface area contributed by atoms with Gasteiger partial charge >= 0.3 is 5.97 Å². The molecule has 1 aliphatic heterocycles. The molecule has 0 aliphatic carbocycles. The van der Waals surface area contributed by atoms with Gasteiger partial charge in [-0.25, -0.2) is 0 Å². The maximum Gasteiger partial charge on any atom is 0.303 e. The monoisotopic (exact) mass is 316 g/mol. The van der Waals surface area contributed by atoms with E-state index in [1.165, 1.54) is 27.2 Å². The highest BCUT2D eigenvalue weighted by Gasteiger charge is 2.25. The summed E-state index contributed by atoms with van der Waals surface area (Å²) in [5.41, 5.74) is 2.34. The summed E-state index contributed by atoms with van der Waals surface area (Å²) in [4.78, 5) is 15.1. The minimum absolute atomic E-state index is 0.208. The Hall–Kier alpha value is -1.39. The number of ether oxygens (including phenoxy) is 1. The zero-order chi connectivity index (χ0) is 14.8. The quantitative estimate of drug-likeness (QED) is 0.591. The van der Waals surface area contributed by atoms with Gasteiger partial charge in [0, 0.05) is 33.6 Å². The van der Waals surface area contributed by atoms with Gasteiger partial charge in [0.25, 0.3) is 0 Å². The fourth-order valence-corrected chi connectivity index (χ4v) is 4.06. The molecule has 0 unspecified atom stereocenters. The summed E-state index contributed by atoms with van der Waals surface area (Å²) < 4.78 is 5.59. The minimum atomic E-state index is -0.232. The highest BCUT2D eigenvalue weighted by atomic mass is 32.2. The first-order valence-corrected chi connectivity index (χ1v) is 8.82. The van der Waals surface area contributed by atoms with Crippen molar-refractivity contribution in [1.82, 2.24) is 0 Å². The molecule has 0 bridgehead atoms. The zero-order valence-electron chi connectivity index (χ0n) is 12.0. The molecule has 0 saturated carbocycles. The van der Waals surface area contributed by atoms with E-state index in [4.69, 9.17) is 4.74 Å². The fraction of sp³-hybridized carbons (Fsp3) is 0.235. The Bertz CT molecular complexity index is 682. The average molecular weight is 316 g/mol. The Morgan fingerprint density at radius 1 is 1.24 bits per heavy atom. The molecule has 2 aromatic carbocycles. The lowest BCUT2D eigenvalue weighted by Gasteiger charge is -2.18. The lowest BCUT2D eigenvalue weighted by Crippen LogP contribution is -2.11. The topological polar surface area (TPSA) is 26.3 Å². The Labute approximate surface area is 133 Å². The second-order valence-electron chi connectivity index (χ2n) is 4.92. The molecule has 4 heteroatoms. The Kier molecular flexibility index (Phi) is 4.27. The molecule has 108 valence electrons. The smallest absolute Gasteiger partial charge is 0.303 e. The van der Waals surface area contributed by atoms with E-state index in [0.717, 1.165) is 12.0 Å². The van der Waals surface area contributed by atoms with Gasteiger partial charge in [0.15, 0.2) is 0 Å². The van der Waals surface area contributed by atoms with Gasteiger partial charge in [0.05, 0.1) is 0 Å². The number of rotatable bonds is 2. The van der Waals surface area contributed by atoms with Crippen molar-refractivity contribution in [3.05, 3.63) is 53.6 Å². The van der Waals surface area contributed by atoms with E-state index in [0.29, 0.717) is 0 Å². The van der Waals surface area contributed by atoms with Crippen LogP contribution in [0.3, 0.4) is 0 Å². The van der Waals surface area contributed by atoms with E-state index < -0.39 is 0 Å². The van der Waals surface area contributed by atoms with Crippen LogP contribution >= 0.6 is 23.5 Å². The Balaban J connectivity index is 2.09. The zero-order valence-corrected chi connectivity index (χ0v) is 13.6. The average Bonchev–Trinajstić information content (AvgIpc) is 2.62. The molecule has 0 fully saturated rings. The molecule has 1 aliphatic rings. The number of esters is 1. The second kappa shape index (κ2) is 6.16. The maximum absolute atomic E-state index is 11.5. The number of hydrogen-bond acceptors (Lipinski definition) is 4. The fourth-order valence-electron chi connectivity index (χ4n) is 2.50. The lowest BCUT2D eigenvalue weighted by molar-refractivity contribution is -0.146. The number of benzene rings is 2. The SMILES string of the molecule is CSc1ccc2c(c1)[C@@H](OC(C)=O)Cc1ccccc1S2. The molecule has 1 atom stereocenters. The van der Waals surface area contributed by atoms with Gasteiger partial charge in [-0.1, -0.05) is 30.0 Å². The highest BCUT2D eigenvalue weighted by Crippen LogP contribution is 2.43. The number of fused-ring (bicyclic) bond motifs is 2. The summed E-state index contributed by atoms with van der Waals surface area (Å²) >= 11 is 3.46. The molecule has 21 heavy (non-hydrogen) atoms. The van der Waals surface area contributed by atoms with E-state index in [1.807, 2.05) is 12.1 Å². The third-order valence-electron chi connectivity index (χ3n) is 3.47. The first-order valence-electron chi connectivity index (χ1n) is 6.78. The number of carbonyl (C=O) groups excluding carboxylic acids is 1. The van der Waals surface area contributed by atoms with Crippen molar-refractivity contribution in [2.24, 2.45) is 0 Å². The van der Waals surface area contributed by atoms with Gasteiger partial charge in [-0.3, -0.25) is 4.79 Å². The van der Waals surface area contributed by atoms with Gasteiger partial charge in [-0.15, -0.1) is 11.8 Å². The van der Waals surface area contributed by atoms with Gasteiger partial charge in [-0.05, 0) is 36.1 Å². The van der Waals surface area contributed by atoms with Crippen molar-refractivity contribution in [3.8, 4) is 0 Å². The number of carbonyl (C=O) groups is 1. The van der Waals surface area contributed by atoms with E-state index >= 15 is 0 Å². The third-order valence-corrected chi connectivity index (χ3v) is 5.41. The Morgan fingerprint density at radius 2 is 2.05 bits per heavy atom. The summed E-state index contributed by atoms with van der Waals surface area (Å²) in [6.45, 7) is 1.47. The van der Waals surface area contributed by atoms with Gasteiger partial charge in [0.2, 0.25) is 0 Å². The van der Waals surface area contributed by atoms with Crippen LogP contribution in [0.1, 0.15) is 24.2 Å². The van der Waals surface area contributed by atoms with Crippen LogP contribution in [0.2, 0.25) is 0 Å². The van der Waals surface area contributed by atoms with Crippen molar-refractivity contribution < 1.29 is 9.53 Å². The molecule has 0 aromatic heterocycles. The molecule has 2 nitrogen and oxygen atoms in total. The lowest BCUT2D eigenvalue weighted by atomic mass is 10.0. The predicted molar refractivity (Wildman–Crippen MR) is 87.0 cm³/mol. The Morgan fingerprint density at radius 3 is 2.81 bits per heavy atom. The second-order valence-corrected chi connectivity index (χ2v) is 6.88. The van der Waals surface area contributed by atoms with E-state index in [9.17, 15) is 4.79 Å². The van der Waals surface area contributed by atoms with E-state index in [-0.39, 0.29) is 12.1 Å². The van der Waals surface area contributed by atoms with Crippen molar-refractivity contribution in [3.63, 3.8) is 0 Å². The van der Waals surface area contributed by atoms with Crippen LogP contribution in [0.5, 0.6) is 0 Å². The first-order chi connectivity index (χ1) is 10.2. The first kappa shape index (κ1) is 14.5. The van der Waals surface area contributed by atoms with Crippen molar-refractivity contribution in [1.29, 1.82) is 0 Å². The summed E-state index contributed by atoms with van der Waals surface area (Å²) in [6.07, 6.45) is 2.58. The number of thioether (sulfide) groups is 1. The van der Waals surface area contributed by atoms with Crippen LogP contribution in [0.25, 0.3) is 0 Å². The summed E-state index contributed by atoms with van der Waals surface area (Å²) in [5.74, 6) is -0.232. The molecule has 0 amide bonds. The molecule has 3 rings (SSSR count). The molecular formula is C17H16O2S2. The minimum Gasteiger partial charge on any atom is -0.457 e. The highest BCUT2D eigenvalue weighted by molar-refractivity contribution is 7.99. The van der Waals surface area contributed by atoms with Gasteiger partial charge in [0.1, 0.15) is 6.10 Å². The molecule has 0 N–H and O–H groups in total. The normalized spacial score (nSPS) is 16.6. The summed E-state index contributed by atoms with van der Waals surface area (Å²) in [5, 5.41) is 0. The standard InChI is InChI=1S/C17H16O2S2/c1-11(18)19-15-9-12-5-3-4-6-16(12)21-17-8-7-13(20-2)10-14(15)17/h3-8,10,15H,9H2,1-2H3/t15-/m0/s1. The molecule has 1 heterocycles. The largest absolute Gasteiger partial charge is 0.457 e. The predicted octanol–water partition coefficient (Wildman–Crippen LogP) is 4.72. The molecule has 0 spiro atoms.